The fraction of sp³-hybridized carbons (Fsp3) is 0.0909. The summed E-state index contributed by atoms with van der Waals surface area (Å²) in [5, 5.41) is 20.9. The first-order chi connectivity index (χ1) is 14.5. The summed E-state index contributed by atoms with van der Waals surface area (Å²) in [6.45, 7) is 0. The molecule has 3 N–H and O–H groups in total. The number of halogens is 1. The molecule has 0 aliphatic rings. The molecular formula is C22H17ClN4O3. The third-order valence-electron chi connectivity index (χ3n) is 4.67. The molecule has 8 heteroatoms. The highest BCUT2D eigenvalue weighted by molar-refractivity contribution is 6.32. The number of rotatable bonds is 6. The minimum absolute atomic E-state index is 0.00606. The third kappa shape index (κ3) is 4.31. The number of carbonyl (C=O) groups excluding carboxylic acids is 2. The molecule has 0 radical (unpaired) electrons. The molecule has 0 bridgehead atoms. The van der Waals surface area contributed by atoms with Crippen LogP contribution in [0.2, 0.25) is 5.02 Å². The number of hydrogen-bond acceptors (Lipinski definition) is 5. The van der Waals surface area contributed by atoms with Crippen molar-refractivity contribution in [2.75, 3.05) is 5.32 Å². The molecule has 0 aliphatic heterocycles. The van der Waals surface area contributed by atoms with E-state index in [4.69, 9.17) is 11.6 Å². The molecule has 4 rings (SSSR count). The normalized spacial score (nSPS) is 10.8. The molecule has 2 aromatic carbocycles. The van der Waals surface area contributed by atoms with Crippen LogP contribution in [0.1, 0.15) is 23.2 Å². The number of ketones is 1. The van der Waals surface area contributed by atoms with E-state index >= 15 is 0 Å². The van der Waals surface area contributed by atoms with Gasteiger partial charge in [-0.15, -0.1) is 0 Å². The topological polar surface area (TPSA) is 108 Å². The van der Waals surface area contributed by atoms with Gasteiger partial charge in [-0.2, -0.15) is 5.10 Å². The van der Waals surface area contributed by atoms with Crippen molar-refractivity contribution in [2.45, 2.75) is 12.8 Å². The highest BCUT2D eigenvalue weighted by atomic mass is 35.5. The van der Waals surface area contributed by atoms with E-state index < -0.39 is 0 Å². The van der Waals surface area contributed by atoms with Gasteiger partial charge in [-0.1, -0.05) is 23.7 Å². The van der Waals surface area contributed by atoms with Gasteiger partial charge in [0.2, 0.25) is 5.91 Å². The first-order valence-corrected chi connectivity index (χ1v) is 9.58. The molecule has 1 amide bonds. The number of benzene rings is 2. The van der Waals surface area contributed by atoms with Crippen LogP contribution < -0.4 is 5.32 Å². The maximum Gasteiger partial charge on any atom is 0.225 e. The lowest BCUT2D eigenvalue weighted by atomic mass is 10.0. The molecule has 2 aromatic heterocycles. The number of pyridine rings is 1. The molecule has 0 atom stereocenters. The molecule has 0 saturated heterocycles. The summed E-state index contributed by atoms with van der Waals surface area (Å²) >= 11 is 5.82. The maximum atomic E-state index is 12.3. The summed E-state index contributed by atoms with van der Waals surface area (Å²) in [6.07, 6.45) is 5.26. The van der Waals surface area contributed by atoms with E-state index in [9.17, 15) is 14.7 Å². The Kier molecular flexibility index (Phi) is 5.45. The number of aromatic hydroxyl groups is 1. The van der Waals surface area contributed by atoms with Crippen molar-refractivity contribution in [2.24, 2.45) is 0 Å². The molecule has 2 heterocycles. The van der Waals surface area contributed by atoms with Crippen LogP contribution in [0.25, 0.3) is 21.9 Å². The molecule has 0 unspecified atom stereocenters. The SMILES string of the molecule is O=C(CCC(=O)c1ccc(O)c(Cl)c1)Nc1cc2cc(-c3cn[nH]c3)ccc2cn1. The predicted molar refractivity (Wildman–Crippen MR) is 115 cm³/mol. The van der Waals surface area contributed by atoms with Crippen LogP contribution in [0.15, 0.2) is 61.1 Å². The Bertz CT molecular complexity index is 1240. The zero-order valence-electron chi connectivity index (χ0n) is 15.7. The maximum absolute atomic E-state index is 12.3. The zero-order chi connectivity index (χ0) is 21.1. The quantitative estimate of drug-likeness (QED) is 0.395. The Morgan fingerprint density at radius 2 is 1.87 bits per heavy atom. The zero-order valence-corrected chi connectivity index (χ0v) is 16.5. The molecule has 0 saturated carbocycles. The molecule has 7 nitrogen and oxygen atoms in total. The van der Waals surface area contributed by atoms with Crippen LogP contribution >= 0.6 is 11.6 Å². The number of aromatic amines is 1. The average Bonchev–Trinajstić information content (AvgIpc) is 3.28. The number of hydrogen-bond donors (Lipinski definition) is 3. The monoisotopic (exact) mass is 420 g/mol. The van der Waals surface area contributed by atoms with Gasteiger partial charge in [0.1, 0.15) is 11.6 Å². The summed E-state index contributed by atoms with van der Waals surface area (Å²) in [4.78, 5) is 28.8. The van der Waals surface area contributed by atoms with Crippen molar-refractivity contribution in [1.29, 1.82) is 0 Å². The van der Waals surface area contributed by atoms with Gasteiger partial charge in [0, 0.05) is 41.7 Å². The molecule has 150 valence electrons. The number of nitrogens with one attached hydrogen (secondary N) is 2. The lowest BCUT2D eigenvalue weighted by molar-refractivity contribution is -0.116. The average molecular weight is 421 g/mol. The van der Waals surface area contributed by atoms with Crippen LogP contribution in [0, 0.1) is 0 Å². The van der Waals surface area contributed by atoms with E-state index in [0.29, 0.717) is 11.4 Å². The molecular weight excluding hydrogens is 404 g/mol. The van der Waals surface area contributed by atoms with Crippen molar-refractivity contribution in [3.8, 4) is 16.9 Å². The summed E-state index contributed by atoms with van der Waals surface area (Å²) in [6, 6.07) is 11.9. The van der Waals surface area contributed by atoms with E-state index in [1.54, 1.807) is 18.5 Å². The van der Waals surface area contributed by atoms with Crippen LogP contribution in [0.3, 0.4) is 0 Å². The van der Waals surface area contributed by atoms with Gasteiger partial charge in [-0.3, -0.25) is 14.7 Å². The number of anilines is 1. The fourth-order valence-electron chi connectivity index (χ4n) is 3.05. The largest absolute Gasteiger partial charge is 0.506 e. The summed E-state index contributed by atoms with van der Waals surface area (Å²) < 4.78 is 0. The Hall–Kier alpha value is -3.71. The number of H-pyrrole nitrogens is 1. The minimum Gasteiger partial charge on any atom is -0.506 e. The summed E-state index contributed by atoms with van der Waals surface area (Å²) in [7, 11) is 0. The van der Waals surface area contributed by atoms with Gasteiger partial charge in [0.05, 0.1) is 11.2 Å². The van der Waals surface area contributed by atoms with Gasteiger partial charge >= 0.3 is 0 Å². The van der Waals surface area contributed by atoms with E-state index in [1.807, 2.05) is 24.4 Å². The Morgan fingerprint density at radius 3 is 2.63 bits per heavy atom. The molecule has 4 aromatic rings. The first-order valence-electron chi connectivity index (χ1n) is 9.20. The highest BCUT2D eigenvalue weighted by Gasteiger charge is 2.12. The second-order valence-corrected chi connectivity index (χ2v) is 7.16. The van der Waals surface area contributed by atoms with E-state index in [1.165, 1.54) is 18.2 Å². The van der Waals surface area contributed by atoms with Crippen LogP contribution in [0.4, 0.5) is 5.82 Å². The fourth-order valence-corrected chi connectivity index (χ4v) is 3.24. The van der Waals surface area contributed by atoms with E-state index in [0.717, 1.165) is 21.9 Å². The van der Waals surface area contributed by atoms with Gasteiger partial charge in [-0.05, 0) is 41.3 Å². The predicted octanol–water partition coefficient (Wildman–Crippen LogP) is 4.59. The third-order valence-corrected chi connectivity index (χ3v) is 4.97. The number of amides is 1. The van der Waals surface area contributed by atoms with Crippen molar-refractivity contribution in [1.82, 2.24) is 15.2 Å². The van der Waals surface area contributed by atoms with Crippen molar-refractivity contribution >= 4 is 39.9 Å². The van der Waals surface area contributed by atoms with Crippen LogP contribution in [0.5, 0.6) is 5.75 Å². The lowest BCUT2D eigenvalue weighted by Crippen LogP contribution is -2.14. The van der Waals surface area contributed by atoms with Gasteiger partial charge < -0.3 is 10.4 Å². The van der Waals surface area contributed by atoms with Crippen molar-refractivity contribution < 1.29 is 14.7 Å². The molecule has 0 spiro atoms. The number of aromatic nitrogens is 3. The van der Waals surface area contributed by atoms with E-state index in [2.05, 4.69) is 20.5 Å². The Balaban J connectivity index is 1.42. The highest BCUT2D eigenvalue weighted by Crippen LogP contribution is 2.26. The summed E-state index contributed by atoms with van der Waals surface area (Å²) in [5.41, 5.74) is 2.31. The molecule has 0 fully saturated rings. The molecule has 0 aliphatic carbocycles. The minimum atomic E-state index is -0.314. The number of fused-ring (bicyclic) bond motifs is 1. The smallest absolute Gasteiger partial charge is 0.225 e. The van der Waals surface area contributed by atoms with Gasteiger partial charge in [-0.25, -0.2) is 4.98 Å². The van der Waals surface area contributed by atoms with Gasteiger partial charge in [0.15, 0.2) is 5.78 Å². The van der Waals surface area contributed by atoms with Crippen LogP contribution in [-0.4, -0.2) is 32.0 Å². The van der Waals surface area contributed by atoms with Crippen molar-refractivity contribution in [3.63, 3.8) is 0 Å². The number of phenols is 1. The number of Topliss-reactive ketones (excluding diaryl/α,β-unsaturated/α-hetero) is 1. The second-order valence-electron chi connectivity index (χ2n) is 6.76. The number of nitrogens with zero attached hydrogens (tertiary/aromatic N) is 2. The number of phenolic OH excluding ortho intramolecular Hbond substituents is 1. The number of carbonyl (C=O) groups is 2. The Morgan fingerprint density at radius 1 is 1.00 bits per heavy atom. The summed E-state index contributed by atoms with van der Waals surface area (Å²) in [5.74, 6) is -0.226. The second kappa shape index (κ2) is 8.34. The van der Waals surface area contributed by atoms with Crippen LogP contribution in [-0.2, 0) is 4.79 Å². The lowest BCUT2D eigenvalue weighted by Gasteiger charge is -2.07. The van der Waals surface area contributed by atoms with Gasteiger partial charge in [0.25, 0.3) is 0 Å². The standard InChI is InChI=1S/C22H17ClN4O3/c23-18-8-14(3-4-20(18)29)19(28)5-6-22(30)27-21-9-16-7-13(17-11-25-26-12-17)1-2-15(16)10-24-21/h1-4,7-12,29H,5-6H2,(H,25,26)(H,24,27,30). The Labute approximate surface area is 176 Å². The van der Waals surface area contributed by atoms with E-state index in [-0.39, 0.29) is 35.3 Å². The molecule has 30 heavy (non-hydrogen) atoms. The van der Waals surface area contributed by atoms with Crippen molar-refractivity contribution in [3.05, 3.63) is 71.6 Å². The first kappa shape index (κ1) is 19.6.